The molecule has 0 saturated carbocycles. The van der Waals surface area contributed by atoms with Gasteiger partial charge in [-0.25, -0.2) is 0 Å². The predicted octanol–water partition coefficient (Wildman–Crippen LogP) is 4.55. The summed E-state index contributed by atoms with van der Waals surface area (Å²) in [7, 11) is 0. The van der Waals surface area contributed by atoms with Gasteiger partial charge < -0.3 is 24.8 Å². The molecule has 6 heteroatoms. The molecule has 0 radical (unpaired) electrons. The van der Waals surface area contributed by atoms with Gasteiger partial charge in [-0.05, 0) is 65.4 Å². The van der Waals surface area contributed by atoms with Crippen LogP contribution in [0.3, 0.4) is 0 Å². The van der Waals surface area contributed by atoms with Gasteiger partial charge in [0.2, 0.25) is 5.91 Å². The molecule has 0 aliphatic carbocycles. The molecule has 3 aromatic rings. The third kappa shape index (κ3) is 5.88. The highest BCUT2D eigenvalue weighted by atomic mass is 16.6. The largest absolute Gasteiger partial charge is 0.489 e. The van der Waals surface area contributed by atoms with E-state index in [0.717, 1.165) is 58.2 Å². The van der Waals surface area contributed by atoms with E-state index in [-0.39, 0.29) is 5.91 Å². The minimum absolute atomic E-state index is 0.0128. The van der Waals surface area contributed by atoms with Crippen LogP contribution in [0.1, 0.15) is 29.2 Å². The number of nitrogens with one attached hydrogen (secondary N) is 2. The van der Waals surface area contributed by atoms with Crippen molar-refractivity contribution in [3.63, 3.8) is 0 Å². The van der Waals surface area contributed by atoms with E-state index in [0.29, 0.717) is 26.4 Å². The lowest BCUT2D eigenvalue weighted by atomic mass is 9.96. The highest BCUT2D eigenvalue weighted by Gasteiger charge is 2.14. The van der Waals surface area contributed by atoms with Crippen molar-refractivity contribution in [2.75, 3.05) is 26.3 Å². The van der Waals surface area contributed by atoms with Crippen molar-refractivity contribution < 1.29 is 19.0 Å². The number of amides is 1. The van der Waals surface area contributed by atoms with Crippen LogP contribution in [0.25, 0.3) is 11.1 Å². The first-order valence-corrected chi connectivity index (χ1v) is 11.7. The Morgan fingerprint density at radius 1 is 0.971 bits per heavy atom. The Balaban J connectivity index is 1.42. The summed E-state index contributed by atoms with van der Waals surface area (Å²) in [4.78, 5) is 11.0. The summed E-state index contributed by atoms with van der Waals surface area (Å²) in [5.74, 6) is 2.46. The fraction of sp³-hybridized carbons (Fsp3) is 0.321. The van der Waals surface area contributed by atoms with E-state index in [1.54, 1.807) is 0 Å². The maximum atomic E-state index is 11.0. The quantitative estimate of drug-likeness (QED) is 0.459. The number of hydrogen-bond acceptors (Lipinski definition) is 5. The summed E-state index contributed by atoms with van der Waals surface area (Å²) in [5, 5.41) is 6.13. The molecule has 6 nitrogen and oxygen atoms in total. The molecular formula is C28H32N2O4. The first-order valence-electron chi connectivity index (χ1n) is 11.7. The fourth-order valence-corrected chi connectivity index (χ4v) is 3.99. The van der Waals surface area contributed by atoms with Crippen LogP contribution in [0.4, 0.5) is 0 Å². The van der Waals surface area contributed by atoms with Crippen molar-refractivity contribution in [1.29, 1.82) is 0 Å². The fourth-order valence-electron chi connectivity index (χ4n) is 3.99. The van der Waals surface area contributed by atoms with Crippen molar-refractivity contribution in [3.8, 4) is 28.4 Å². The summed E-state index contributed by atoms with van der Waals surface area (Å²) >= 11 is 0. The molecule has 34 heavy (non-hydrogen) atoms. The topological polar surface area (TPSA) is 68.8 Å². The predicted molar refractivity (Wildman–Crippen MR) is 134 cm³/mol. The molecule has 1 amide bonds. The number of rotatable bonds is 9. The van der Waals surface area contributed by atoms with Gasteiger partial charge in [0, 0.05) is 26.6 Å². The smallest absolute Gasteiger partial charge is 0.216 e. The lowest BCUT2D eigenvalue weighted by Crippen LogP contribution is -2.29. The van der Waals surface area contributed by atoms with Crippen molar-refractivity contribution in [2.45, 2.75) is 33.9 Å². The van der Waals surface area contributed by atoms with Gasteiger partial charge in [0.25, 0.3) is 0 Å². The Kier molecular flexibility index (Phi) is 7.70. The van der Waals surface area contributed by atoms with Crippen molar-refractivity contribution >= 4 is 5.91 Å². The van der Waals surface area contributed by atoms with E-state index in [9.17, 15) is 4.79 Å². The molecule has 1 heterocycles. The molecule has 4 rings (SSSR count). The van der Waals surface area contributed by atoms with Gasteiger partial charge >= 0.3 is 0 Å². The van der Waals surface area contributed by atoms with Crippen LogP contribution in [0.15, 0.2) is 54.6 Å². The maximum Gasteiger partial charge on any atom is 0.216 e. The Morgan fingerprint density at radius 3 is 2.62 bits per heavy atom. The van der Waals surface area contributed by atoms with Gasteiger partial charge in [0.05, 0.1) is 0 Å². The normalized spacial score (nSPS) is 12.3. The van der Waals surface area contributed by atoms with Gasteiger partial charge in [0.15, 0.2) is 11.5 Å². The Morgan fingerprint density at radius 2 is 1.79 bits per heavy atom. The minimum atomic E-state index is -0.0128. The minimum Gasteiger partial charge on any atom is -0.489 e. The van der Waals surface area contributed by atoms with Crippen LogP contribution in [-0.4, -0.2) is 32.2 Å². The molecule has 3 aromatic carbocycles. The Hall–Kier alpha value is -3.51. The van der Waals surface area contributed by atoms with Gasteiger partial charge in [0.1, 0.15) is 25.6 Å². The zero-order chi connectivity index (χ0) is 23.9. The van der Waals surface area contributed by atoms with E-state index in [2.05, 4.69) is 66.9 Å². The average Bonchev–Trinajstić information content (AvgIpc) is 2.84. The van der Waals surface area contributed by atoms with Gasteiger partial charge in [-0.2, -0.15) is 0 Å². The number of benzene rings is 3. The number of hydrogen-bond donors (Lipinski definition) is 2. The zero-order valence-corrected chi connectivity index (χ0v) is 20.1. The molecule has 0 bridgehead atoms. The number of fused-ring (bicyclic) bond motifs is 1. The van der Waals surface area contributed by atoms with E-state index >= 15 is 0 Å². The standard InChI is InChI=1S/C28H32N2O4/c1-19-7-8-22(17-29-11-12-30-21(3)31)15-27(19)34-18-24-5-4-6-25(20(24)2)23-9-10-26-28(16-23)33-14-13-32-26/h4-10,15-16,29H,11-14,17-18H2,1-3H3,(H,30,31). The summed E-state index contributed by atoms with van der Waals surface area (Å²) in [6.07, 6.45) is 0. The summed E-state index contributed by atoms with van der Waals surface area (Å²) in [6.45, 7) is 9.42. The second-order valence-corrected chi connectivity index (χ2v) is 8.50. The number of carbonyl (C=O) groups is 1. The number of carbonyl (C=O) groups excluding carboxylic acids is 1. The second kappa shape index (κ2) is 11.1. The molecule has 0 spiro atoms. The molecule has 1 aliphatic rings. The van der Waals surface area contributed by atoms with Gasteiger partial charge in [-0.1, -0.05) is 36.4 Å². The summed E-state index contributed by atoms with van der Waals surface area (Å²) in [6, 6.07) is 18.7. The molecule has 2 N–H and O–H groups in total. The molecule has 0 aromatic heterocycles. The highest BCUT2D eigenvalue weighted by molar-refractivity contribution is 5.72. The molecule has 0 fully saturated rings. The molecule has 1 aliphatic heterocycles. The SMILES string of the molecule is CC(=O)NCCNCc1ccc(C)c(OCc2cccc(-c3ccc4c(c3)OCCO4)c2C)c1. The molecule has 0 unspecified atom stereocenters. The van der Waals surface area contributed by atoms with E-state index in [1.807, 2.05) is 12.1 Å². The first kappa shape index (κ1) is 23.6. The van der Waals surface area contributed by atoms with Crippen LogP contribution < -0.4 is 24.8 Å². The van der Waals surface area contributed by atoms with Crippen LogP contribution in [0.2, 0.25) is 0 Å². The third-order valence-electron chi connectivity index (χ3n) is 5.94. The zero-order valence-electron chi connectivity index (χ0n) is 20.1. The Labute approximate surface area is 201 Å². The third-order valence-corrected chi connectivity index (χ3v) is 5.94. The maximum absolute atomic E-state index is 11.0. The lowest BCUT2D eigenvalue weighted by molar-refractivity contribution is -0.118. The Bertz CT molecular complexity index is 1160. The lowest BCUT2D eigenvalue weighted by Gasteiger charge is -2.20. The van der Waals surface area contributed by atoms with E-state index in [1.165, 1.54) is 12.5 Å². The molecule has 0 atom stereocenters. The van der Waals surface area contributed by atoms with Gasteiger partial charge in [-0.15, -0.1) is 0 Å². The number of aryl methyl sites for hydroxylation is 1. The summed E-state index contributed by atoms with van der Waals surface area (Å²) in [5.41, 5.74) is 6.84. The summed E-state index contributed by atoms with van der Waals surface area (Å²) < 4.78 is 17.7. The second-order valence-electron chi connectivity index (χ2n) is 8.50. The molecule has 0 saturated heterocycles. The van der Waals surface area contributed by atoms with Crippen LogP contribution in [0.5, 0.6) is 17.2 Å². The van der Waals surface area contributed by atoms with E-state index in [4.69, 9.17) is 14.2 Å². The first-order chi connectivity index (χ1) is 16.5. The van der Waals surface area contributed by atoms with Crippen LogP contribution >= 0.6 is 0 Å². The van der Waals surface area contributed by atoms with Crippen LogP contribution in [-0.2, 0) is 17.9 Å². The molecular weight excluding hydrogens is 428 g/mol. The van der Waals surface area contributed by atoms with Gasteiger partial charge in [-0.3, -0.25) is 4.79 Å². The van der Waals surface area contributed by atoms with Crippen molar-refractivity contribution in [3.05, 3.63) is 76.9 Å². The number of ether oxygens (including phenoxy) is 3. The highest BCUT2D eigenvalue weighted by Crippen LogP contribution is 2.36. The monoisotopic (exact) mass is 460 g/mol. The average molecular weight is 461 g/mol. The van der Waals surface area contributed by atoms with Crippen molar-refractivity contribution in [2.24, 2.45) is 0 Å². The van der Waals surface area contributed by atoms with Crippen molar-refractivity contribution in [1.82, 2.24) is 10.6 Å². The van der Waals surface area contributed by atoms with E-state index < -0.39 is 0 Å². The molecule has 178 valence electrons. The van der Waals surface area contributed by atoms with Crippen LogP contribution in [0, 0.1) is 13.8 Å².